The van der Waals surface area contributed by atoms with Crippen LogP contribution in [0.4, 0.5) is 0 Å². The van der Waals surface area contributed by atoms with Crippen molar-refractivity contribution in [3.63, 3.8) is 0 Å². The largest absolute Gasteiger partial charge is 0.330 e. The molecule has 0 spiro atoms. The summed E-state index contributed by atoms with van der Waals surface area (Å²) in [5.74, 6) is 0. The molecule has 4 heteroatoms. The Morgan fingerprint density at radius 3 is 2.86 bits per heavy atom. The molecule has 0 fully saturated rings. The molecule has 0 aromatic carbocycles. The van der Waals surface area contributed by atoms with Gasteiger partial charge in [-0.15, -0.1) is 11.3 Å². The Balaban J connectivity index is 2.71. The van der Waals surface area contributed by atoms with Crippen LogP contribution in [0, 0.1) is 13.8 Å². The highest BCUT2D eigenvalue weighted by Crippen LogP contribution is 2.29. The van der Waals surface area contributed by atoms with Gasteiger partial charge in [-0.3, -0.25) is 0 Å². The number of nitrogens with zero attached hydrogens (tertiary/aromatic N) is 2. The average molecular weight is 207 g/mol. The molecule has 0 amide bonds. The van der Waals surface area contributed by atoms with Gasteiger partial charge in [0, 0.05) is 16.7 Å². The van der Waals surface area contributed by atoms with Gasteiger partial charge in [-0.1, -0.05) is 0 Å². The van der Waals surface area contributed by atoms with Crippen molar-refractivity contribution in [1.82, 2.24) is 9.97 Å². The molecule has 0 saturated heterocycles. The zero-order chi connectivity index (χ0) is 10.1. The lowest BCUT2D eigenvalue weighted by Gasteiger charge is -2.00. The molecule has 0 saturated carbocycles. The quantitative estimate of drug-likeness (QED) is 0.817. The maximum absolute atomic E-state index is 5.55. The SMILES string of the molecule is Cc1sc2ncnc(CCN)c2c1C. The van der Waals surface area contributed by atoms with Gasteiger partial charge in [-0.05, 0) is 26.0 Å². The maximum Gasteiger partial charge on any atom is 0.127 e. The molecule has 0 atom stereocenters. The second-order valence-electron chi connectivity index (χ2n) is 3.32. The predicted molar refractivity (Wildman–Crippen MR) is 59.6 cm³/mol. The Morgan fingerprint density at radius 1 is 1.36 bits per heavy atom. The van der Waals surface area contributed by atoms with E-state index < -0.39 is 0 Å². The summed E-state index contributed by atoms with van der Waals surface area (Å²) >= 11 is 1.73. The molecule has 14 heavy (non-hydrogen) atoms. The van der Waals surface area contributed by atoms with E-state index in [1.165, 1.54) is 15.8 Å². The van der Waals surface area contributed by atoms with Gasteiger partial charge in [0.15, 0.2) is 0 Å². The molecule has 0 aliphatic carbocycles. The van der Waals surface area contributed by atoms with E-state index in [9.17, 15) is 0 Å². The Kier molecular flexibility index (Phi) is 2.48. The van der Waals surface area contributed by atoms with Gasteiger partial charge in [0.1, 0.15) is 11.2 Å². The summed E-state index contributed by atoms with van der Waals surface area (Å²) in [6.07, 6.45) is 2.46. The van der Waals surface area contributed by atoms with Crippen molar-refractivity contribution in [3.8, 4) is 0 Å². The first-order chi connectivity index (χ1) is 6.74. The molecule has 2 N–H and O–H groups in total. The van der Waals surface area contributed by atoms with Crippen LogP contribution in [-0.4, -0.2) is 16.5 Å². The van der Waals surface area contributed by atoms with E-state index >= 15 is 0 Å². The van der Waals surface area contributed by atoms with Crippen molar-refractivity contribution in [2.75, 3.05) is 6.54 Å². The third-order valence-corrected chi connectivity index (χ3v) is 3.54. The number of nitrogens with two attached hydrogens (primary N) is 1. The van der Waals surface area contributed by atoms with Crippen LogP contribution in [0.15, 0.2) is 6.33 Å². The first-order valence-electron chi connectivity index (χ1n) is 4.63. The highest BCUT2D eigenvalue weighted by atomic mass is 32.1. The molecule has 0 radical (unpaired) electrons. The van der Waals surface area contributed by atoms with Gasteiger partial charge in [-0.2, -0.15) is 0 Å². The molecule has 2 heterocycles. The van der Waals surface area contributed by atoms with Crippen molar-refractivity contribution in [2.24, 2.45) is 5.73 Å². The topological polar surface area (TPSA) is 51.8 Å². The van der Waals surface area contributed by atoms with E-state index in [-0.39, 0.29) is 0 Å². The van der Waals surface area contributed by atoms with Crippen LogP contribution >= 0.6 is 11.3 Å². The van der Waals surface area contributed by atoms with Crippen LogP contribution in [0.3, 0.4) is 0 Å². The van der Waals surface area contributed by atoms with Gasteiger partial charge < -0.3 is 5.73 Å². The van der Waals surface area contributed by atoms with Gasteiger partial charge >= 0.3 is 0 Å². The van der Waals surface area contributed by atoms with E-state index in [0.29, 0.717) is 6.54 Å². The van der Waals surface area contributed by atoms with Crippen LogP contribution < -0.4 is 5.73 Å². The zero-order valence-electron chi connectivity index (χ0n) is 8.37. The Morgan fingerprint density at radius 2 is 2.14 bits per heavy atom. The second kappa shape index (κ2) is 3.63. The Hall–Kier alpha value is -1.00. The normalized spacial score (nSPS) is 11.1. The molecule has 0 unspecified atom stereocenters. The van der Waals surface area contributed by atoms with Crippen molar-refractivity contribution in [2.45, 2.75) is 20.3 Å². The lowest BCUT2D eigenvalue weighted by atomic mass is 10.1. The molecule has 3 nitrogen and oxygen atoms in total. The zero-order valence-corrected chi connectivity index (χ0v) is 9.19. The summed E-state index contributed by atoms with van der Waals surface area (Å²) < 4.78 is 0. The van der Waals surface area contributed by atoms with Crippen molar-refractivity contribution in [1.29, 1.82) is 0 Å². The van der Waals surface area contributed by atoms with Crippen LogP contribution in [0.2, 0.25) is 0 Å². The summed E-state index contributed by atoms with van der Waals surface area (Å²) in [6, 6.07) is 0. The summed E-state index contributed by atoms with van der Waals surface area (Å²) in [5.41, 5.74) is 7.93. The molecule has 2 aromatic rings. The lowest BCUT2D eigenvalue weighted by Crippen LogP contribution is -2.05. The molecule has 2 rings (SSSR count). The van der Waals surface area contributed by atoms with E-state index in [2.05, 4.69) is 23.8 Å². The van der Waals surface area contributed by atoms with Crippen molar-refractivity contribution < 1.29 is 0 Å². The Bertz CT molecular complexity index is 462. The summed E-state index contributed by atoms with van der Waals surface area (Å²) in [7, 11) is 0. The third kappa shape index (κ3) is 1.40. The fourth-order valence-corrected chi connectivity index (χ4v) is 2.60. The highest BCUT2D eigenvalue weighted by molar-refractivity contribution is 7.18. The van der Waals surface area contributed by atoms with Crippen LogP contribution in [0.1, 0.15) is 16.1 Å². The number of fused-ring (bicyclic) bond motifs is 1. The van der Waals surface area contributed by atoms with Gasteiger partial charge in [0.05, 0.1) is 5.69 Å². The molecule has 2 aromatic heterocycles. The van der Waals surface area contributed by atoms with E-state index in [1.54, 1.807) is 17.7 Å². The first-order valence-corrected chi connectivity index (χ1v) is 5.45. The van der Waals surface area contributed by atoms with Gasteiger partial charge in [0.2, 0.25) is 0 Å². The Labute approximate surface area is 87.0 Å². The number of thiophene rings is 1. The van der Waals surface area contributed by atoms with Crippen molar-refractivity contribution >= 4 is 21.6 Å². The highest BCUT2D eigenvalue weighted by Gasteiger charge is 2.10. The monoisotopic (exact) mass is 207 g/mol. The van der Waals surface area contributed by atoms with Gasteiger partial charge in [0.25, 0.3) is 0 Å². The number of aromatic nitrogens is 2. The smallest absolute Gasteiger partial charge is 0.127 e. The van der Waals surface area contributed by atoms with Crippen LogP contribution in [-0.2, 0) is 6.42 Å². The van der Waals surface area contributed by atoms with Gasteiger partial charge in [-0.25, -0.2) is 9.97 Å². The molecule has 74 valence electrons. The number of rotatable bonds is 2. The average Bonchev–Trinajstić information content (AvgIpc) is 2.45. The lowest BCUT2D eigenvalue weighted by molar-refractivity contribution is 0.926. The van der Waals surface area contributed by atoms with E-state index in [4.69, 9.17) is 5.73 Å². The summed E-state index contributed by atoms with van der Waals surface area (Å²) in [5, 5.41) is 1.21. The van der Waals surface area contributed by atoms with Crippen LogP contribution in [0.25, 0.3) is 10.2 Å². The summed E-state index contributed by atoms with van der Waals surface area (Å²) in [6.45, 7) is 4.88. The molecule has 0 aliphatic heterocycles. The summed E-state index contributed by atoms with van der Waals surface area (Å²) in [4.78, 5) is 11.0. The maximum atomic E-state index is 5.55. The molecular formula is C10H13N3S. The fourth-order valence-electron chi connectivity index (χ4n) is 1.58. The standard InChI is InChI=1S/C10H13N3S/c1-6-7(2)14-10-9(6)8(3-4-11)12-5-13-10/h5H,3-4,11H2,1-2H3. The molecule has 0 bridgehead atoms. The van der Waals surface area contributed by atoms with Crippen LogP contribution in [0.5, 0.6) is 0 Å². The molecular weight excluding hydrogens is 194 g/mol. The third-order valence-electron chi connectivity index (χ3n) is 2.43. The number of hydrogen-bond donors (Lipinski definition) is 1. The minimum atomic E-state index is 0.639. The second-order valence-corrected chi connectivity index (χ2v) is 4.53. The fraction of sp³-hybridized carbons (Fsp3) is 0.400. The molecule has 0 aliphatic rings. The first kappa shape index (κ1) is 9.55. The van der Waals surface area contributed by atoms with E-state index in [1.807, 2.05) is 0 Å². The van der Waals surface area contributed by atoms with Crippen molar-refractivity contribution in [3.05, 3.63) is 22.5 Å². The number of hydrogen-bond acceptors (Lipinski definition) is 4. The number of aryl methyl sites for hydroxylation is 2. The minimum Gasteiger partial charge on any atom is -0.330 e. The minimum absolute atomic E-state index is 0.639. The predicted octanol–water partition coefficient (Wildman–Crippen LogP) is 1.81. The van der Waals surface area contributed by atoms with E-state index in [0.717, 1.165) is 16.9 Å².